The molecule has 0 aliphatic heterocycles. The summed E-state index contributed by atoms with van der Waals surface area (Å²) in [6.07, 6.45) is 0. The average Bonchev–Trinajstić information content (AvgIpc) is 3.78. The van der Waals surface area contributed by atoms with Crippen LogP contribution in [0.25, 0.3) is 106 Å². The first-order valence-corrected chi connectivity index (χ1v) is 21.3. The Morgan fingerprint density at radius 2 is 0.887 bits per heavy atom. The summed E-state index contributed by atoms with van der Waals surface area (Å²) in [5, 5.41) is 4.91. The summed E-state index contributed by atoms with van der Waals surface area (Å²) in [6.45, 7) is 4.71. The van der Waals surface area contributed by atoms with Gasteiger partial charge in [-0.15, -0.1) is 0 Å². The van der Waals surface area contributed by atoms with Crippen molar-refractivity contribution in [2.45, 2.75) is 19.3 Å². The Kier molecular flexibility index (Phi) is 8.16. The number of fused-ring (bicyclic) bond motifs is 7. The van der Waals surface area contributed by atoms with Crippen molar-refractivity contribution in [3.05, 3.63) is 217 Å². The predicted octanol–water partition coefficient (Wildman–Crippen LogP) is 14.8. The van der Waals surface area contributed by atoms with E-state index in [1.807, 2.05) is 18.2 Å². The molecule has 0 fully saturated rings. The zero-order valence-corrected chi connectivity index (χ0v) is 34.4. The maximum atomic E-state index is 5.26. The molecular formula is C58H40N4. The van der Waals surface area contributed by atoms with Crippen LogP contribution in [-0.4, -0.2) is 19.5 Å². The van der Waals surface area contributed by atoms with Gasteiger partial charge in [-0.25, -0.2) is 15.0 Å². The highest BCUT2D eigenvalue weighted by Crippen LogP contribution is 2.51. The van der Waals surface area contributed by atoms with E-state index in [1.165, 1.54) is 54.9 Å². The largest absolute Gasteiger partial charge is 0.309 e. The van der Waals surface area contributed by atoms with Crippen molar-refractivity contribution in [3.63, 3.8) is 0 Å². The van der Waals surface area contributed by atoms with Gasteiger partial charge in [0.25, 0.3) is 0 Å². The number of hydrogen-bond donors (Lipinski definition) is 0. The van der Waals surface area contributed by atoms with E-state index in [0.29, 0.717) is 17.5 Å². The Bertz CT molecular complexity index is 3520. The zero-order valence-electron chi connectivity index (χ0n) is 34.4. The van der Waals surface area contributed by atoms with Crippen LogP contribution in [0.15, 0.2) is 206 Å². The number of hydrogen-bond acceptors (Lipinski definition) is 3. The fourth-order valence-electron chi connectivity index (χ4n) is 9.77. The smallest absolute Gasteiger partial charge is 0.164 e. The van der Waals surface area contributed by atoms with Crippen LogP contribution >= 0.6 is 0 Å². The van der Waals surface area contributed by atoms with E-state index in [2.05, 4.69) is 206 Å². The van der Waals surface area contributed by atoms with Crippen LogP contribution in [0.3, 0.4) is 0 Å². The molecule has 0 saturated heterocycles. The number of benzene rings is 9. The Morgan fingerprint density at radius 3 is 1.66 bits per heavy atom. The lowest BCUT2D eigenvalue weighted by atomic mass is 9.82. The van der Waals surface area contributed by atoms with Crippen molar-refractivity contribution in [1.82, 2.24) is 19.5 Å². The molecule has 2 aromatic heterocycles. The van der Waals surface area contributed by atoms with Crippen molar-refractivity contribution in [2.24, 2.45) is 0 Å². The van der Waals surface area contributed by atoms with Gasteiger partial charge in [0.1, 0.15) is 0 Å². The first-order chi connectivity index (χ1) is 30.5. The maximum absolute atomic E-state index is 5.26. The van der Waals surface area contributed by atoms with Gasteiger partial charge in [0, 0.05) is 38.4 Å². The van der Waals surface area contributed by atoms with Crippen molar-refractivity contribution < 1.29 is 0 Å². The third kappa shape index (κ3) is 5.72. The molecule has 0 saturated carbocycles. The second-order valence-electron chi connectivity index (χ2n) is 16.8. The van der Waals surface area contributed by atoms with Crippen molar-refractivity contribution in [1.29, 1.82) is 0 Å². The summed E-state index contributed by atoms with van der Waals surface area (Å²) in [5.74, 6) is 1.87. The van der Waals surface area contributed by atoms with Crippen LogP contribution in [-0.2, 0) is 5.41 Å². The van der Waals surface area contributed by atoms with Gasteiger partial charge in [0.2, 0.25) is 0 Å². The number of para-hydroxylation sites is 1. The standard InChI is InChI=1S/C58H40N4/c1-58(2)50-26-13-11-23-46(50)48-35-49-47-24-12-14-27-52(47)62(54(49)36-51(48)58)53-34-42(32-33-45(53)38-16-5-3-6-17-38)57-60-55(40-19-7-4-8-20-40)59-56(61-57)41-30-28-39(29-31-41)44-25-15-21-37-18-9-10-22-43(37)44/h3-36H,1-2H3. The van der Waals surface area contributed by atoms with Gasteiger partial charge in [-0.3, -0.25) is 0 Å². The molecule has 9 aromatic carbocycles. The quantitative estimate of drug-likeness (QED) is 0.168. The zero-order chi connectivity index (χ0) is 41.4. The van der Waals surface area contributed by atoms with E-state index in [9.17, 15) is 0 Å². The van der Waals surface area contributed by atoms with Gasteiger partial charge >= 0.3 is 0 Å². The molecule has 4 nitrogen and oxygen atoms in total. The molecular weight excluding hydrogens is 753 g/mol. The van der Waals surface area contributed by atoms with Crippen LogP contribution in [0.2, 0.25) is 0 Å². The summed E-state index contributed by atoms with van der Waals surface area (Å²) in [7, 11) is 0. The van der Waals surface area contributed by atoms with Crippen molar-refractivity contribution in [3.8, 4) is 73.2 Å². The van der Waals surface area contributed by atoms with Crippen LogP contribution in [0.5, 0.6) is 0 Å². The minimum absolute atomic E-state index is 0.145. The van der Waals surface area contributed by atoms with Crippen LogP contribution in [0, 0.1) is 0 Å². The molecule has 292 valence electrons. The molecule has 0 atom stereocenters. The molecule has 2 heterocycles. The predicted molar refractivity (Wildman–Crippen MR) is 256 cm³/mol. The van der Waals surface area contributed by atoms with Gasteiger partial charge in [0.15, 0.2) is 17.5 Å². The van der Waals surface area contributed by atoms with Gasteiger partial charge in [-0.1, -0.05) is 196 Å². The third-order valence-electron chi connectivity index (χ3n) is 12.9. The highest BCUT2D eigenvalue weighted by atomic mass is 15.0. The Labute approximate surface area is 360 Å². The number of nitrogens with zero attached hydrogens (tertiary/aromatic N) is 4. The van der Waals surface area contributed by atoms with Gasteiger partial charge in [-0.2, -0.15) is 0 Å². The molecule has 0 amide bonds. The summed E-state index contributed by atoms with van der Waals surface area (Å²) in [6, 6.07) is 73.8. The lowest BCUT2D eigenvalue weighted by Gasteiger charge is -2.22. The second kappa shape index (κ2) is 14.1. The summed E-state index contributed by atoms with van der Waals surface area (Å²) in [4.78, 5) is 15.6. The monoisotopic (exact) mass is 792 g/mol. The maximum Gasteiger partial charge on any atom is 0.164 e. The first kappa shape index (κ1) is 35.9. The molecule has 1 aliphatic rings. The summed E-state index contributed by atoms with van der Waals surface area (Å²) >= 11 is 0. The topological polar surface area (TPSA) is 43.6 Å². The van der Waals surface area contributed by atoms with Crippen molar-refractivity contribution >= 4 is 32.6 Å². The van der Waals surface area contributed by atoms with Crippen LogP contribution < -0.4 is 0 Å². The minimum atomic E-state index is -0.145. The van der Waals surface area contributed by atoms with E-state index in [4.69, 9.17) is 15.0 Å². The molecule has 11 aromatic rings. The fourth-order valence-corrected chi connectivity index (χ4v) is 9.77. The molecule has 0 radical (unpaired) electrons. The van der Waals surface area contributed by atoms with Crippen LogP contribution in [0.1, 0.15) is 25.0 Å². The van der Waals surface area contributed by atoms with Gasteiger partial charge < -0.3 is 4.57 Å². The minimum Gasteiger partial charge on any atom is -0.309 e. The number of rotatable bonds is 6. The highest BCUT2D eigenvalue weighted by Gasteiger charge is 2.36. The molecule has 0 unspecified atom stereocenters. The molecule has 0 spiro atoms. The molecule has 62 heavy (non-hydrogen) atoms. The normalized spacial score (nSPS) is 12.8. The van der Waals surface area contributed by atoms with E-state index < -0.39 is 0 Å². The van der Waals surface area contributed by atoms with E-state index >= 15 is 0 Å². The second-order valence-corrected chi connectivity index (χ2v) is 16.8. The lowest BCUT2D eigenvalue weighted by molar-refractivity contribution is 0.661. The fraction of sp³-hybridized carbons (Fsp3) is 0.0517. The molecule has 0 bridgehead atoms. The highest BCUT2D eigenvalue weighted by molar-refractivity contribution is 6.12. The summed E-state index contributed by atoms with van der Waals surface area (Å²) < 4.78 is 2.46. The first-order valence-electron chi connectivity index (χ1n) is 21.3. The lowest BCUT2D eigenvalue weighted by Crippen LogP contribution is -2.15. The Hall–Kier alpha value is -7.95. The molecule has 4 heteroatoms. The van der Waals surface area contributed by atoms with E-state index in [0.717, 1.165) is 44.6 Å². The Morgan fingerprint density at radius 1 is 0.339 bits per heavy atom. The van der Waals surface area contributed by atoms with Crippen LogP contribution in [0.4, 0.5) is 0 Å². The van der Waals surface area contributed by atoms with Gasteiger partial charge in [0.05, 0.1) is 16.7 Å². The van der Waals surface area contributed by atoms with E-state index in [-0.39, 0.29) is 5.41 Å². The molecule has 0 N–H and O–H groups in total. The SMILES string of the molecule is CC1(C)c2ccccc2-c2cc3c4ccccc4n(-c4cc(-c5nc(-c6ccccc6)nc(-c6ccc(-c7cccc8ccccc78)cc6)n5)ccc4-c4ccccc4)c3cc21. The van der Waals surface area contributed by atoms with Gasteiger partial charge in [-0.05, 0) is 74.0 Å². The number of aromatic nitrogens is 4. The molecule has 1 aliphatic carbocycles. The van der Waals surface area contributed by atoms with E-state index in [1.54, 1.807) is 0 Å². The van der Waals surface area contributed by atoms with Crippen molar-refractivity contribution in [2.75, 3.05) is 0 Å². The Balaban J connectivity index is 1.07. The summed E-state index contributed by atoms with van der Waals surface area (Å²) in [5.41, 5.74) is 16.0. The third-order valence-corrected chi connectivity index (χ3v) is 12.9. The molecule has 12 rings (SSSR count). The average molecular weight is 793 g/mol.